The van der Waals surface area contributed by atoms with Gasteiger partial charge < -0.3 is 0 Å². The number of nitro benzene ring substituents is 1. The first-order valence-corrected chi connectivity index (χ1v) is 10.3. The van der Waals surface area contributed by atoms with Crippen LogP contribution in [-0.4, -0.2) is 21.0 Å². The molecule has 1 amide bonds. The highest BCUT2D eigenvalue weighted by atomic mass is 79.9. The lowest BCUT2D eigenvalue weighted by molar-refractivity contribution is -0.384. The van der Waals surface area contributed by atoms with E-state index in [0.717, 1.165) is 21.3 Å². The molecular formula is C23H15BrN4O3. The number of halogens is 1. The number of nitro groups is 1. The third-order valence-corrected chi connectivity index (χ3v) is 5.87. The lowest BCUT2D eigenvalue weighted by Gasteiger charge is -2.26. The van der Waals surface area contributed by atoms with E-state index < -0.39 is 4.92 Å². The number of anilines is 1. The van der Waals surface area contributed by atoms with Crippen LogP contribution in [0, 0.1) is 10.1 Å². The Morgan fingerprint density at radius 1 is 0.968 bits per heavy atom. The van der Waals surface area contributed by atoms with Gasteiger partial charge in [0.2, 0.25) is 0 Å². The van der Waals surface area contributed by atoms with E-state index in [1.165, 1.54) is 12.1 Å². The highest BCUT2D eigenvalue weighted by molar-refractivity contribution is 9.10. The smallest absolute Gasteiger partial charge is 0.277 e. The minimum Gasteiger partial charge on any atom is -0.295 e. The third-order valence-electron chi connectivity index (χ3n) is 5.34. The number of benzene rings is 3. The van der Waals surface area contributed by atoms with Crippen LogP contribution in [-0.2, 0) is 0 Å². The number of carbonyl (C=O) groups excluding carboxylic acids is 1. The maximum absolute atomic E-state index is 13.4. The minimum absolute atomic E-state index is 0.00220. The van der Waals surface area contributed by atoms with Crippen molar-refractivity contribution in [2.45, 2.75) is 6.04 Å². The molecule has 3 aromatic carbocycles. The topological polar surface area (TPSA) is 92.1 Å². The fourth-order valence-corrected chi connectivity index (χ4v) is 4.19. The zero-order valence-electron chi connectivity index (χ0n) is 16.0. The molecule has 7 nitrogen and oxygen atoms in total. The normalized spacial score (nSPS) is 15.2. The number of nitrogens with one attached hydrogen (secondary N) is 1. The Balaban J connectivity index is 1.69. The fourth-order valence-electron chi connectivity index (χ4n) is 3.92. The number of rotatable bonds is 4. The van der Waals surface area contributed by atoms with Gasteiger partial charge in [0.05, 0.1) is 16.7 Å². The molecule has 1 aliphatic rings. The summed E-state index contributed by atoms with van der Waals surface area (Å²) in [4.78, 5) is 25.7. The summed E-state index contributed by atoms with van der Waals surface area (Å²) in [5.41, 5.74) is 4.19. The number of amides is 1. The number of hydrogen-bond donors (Lipinski definition) is 1. The molecule has 1 aromatic heterocycles. The van der Waals surface area contributed by atoms with Crippen LogP contribution >= 0.6 is 15.9 Å². The Hall–Kier alpha value is -3.78. The van der Waals surface area contributed by atoms with Gasteiger partial charge in [-0.15, -0.1) is 0 Å². The second-order valence-corrected chi connectivity index (χ2v) is 8.05. The van der Waals surface area contributed by atoms with Crippen molar-refractivity contribution in [3.8, 4) is 11.3 Å². The molecule has 1 aliphatic heterocycles. The molecule has 152 valence electrons. The quantitative estimate of drug-likeness (QED) is 0.312. The van der Waals surface area contributed by atoms with E-state index in [2.05, 4.69) is 26.1 Å². The second kappa shape index (κ2) is 7.48. The van der Waals surface area contributed by atoms with E-state index >= 15 is 0 Å². The molecule has 0 saturated heterocycles. The SMILES string of the molecule is O=C1c2[nH]nc(-c3ccc([N+](=O)[O-])cc3)c2[C@@H](c2ccc(Br)cc2)N1c1ccccc1. The molecule has 31 heavy (non-hydrogen) atoms. The Kier molecular flexibility index (Phi) is 4.63. The summed E-state index contributed by atoms with van der Waals surface area (Å²) in [5.74, 6) is -0.171. The maximum atomic E-state index is 13.4. The molecule has 0 spiro atoms. The van der Waals surface area contributed by atoms with Gasteiger partial charge in [-0.2, -0.15) is 5.10 Å². The van der Waals surface area contributed by atoms with Crippen LogP contribution in [0.5, 0.6) is 0 Å². The zero-order valence-corrected chi connectivity index (χ0v) is 17.6. The number of non-ortho nitro benzene ring substituents is 1. The van der Waals surface area contributed by atoms with Crippen LogP contribution in [0.15, 0.2) is 83.3 Å². The van der Waals surface area contributed by atoms with Crippen molar-refractivity contribution < 1.29 is 9.72 Å². The van der Waals surface area contributed by atoms with Crippen LogP contribution in [0.3, 0.4) is 0 Å². The third kappa shape index (κ3) is 3.21. The van der Waals surface area contributed by atoms with Crippen molar-refractivity contribution in [3.05, 3.63) is 110 Å². The highest BCUT2D eigenvalue weighted by Gasteiger charge is 2.43. The van der Waals surface area contributed by atoms with Crippen molar-refractivity contribution in [1.82, 2.24) is 10.2 Å². The molecule has 0 radical (unpaired) electrons. The molecule has 5 rings (SSSR count). The van der Waals surface area contributed by atoms with Gasteiger partial charge in [-0.1, -0.05) is 46.3 Å². The number of para-hydroxylation sites is 1. The molecule has 1 N–H and O–H groups in total. The van der Waals surface area contributed by atoms with Crippen molar-refractivity contribution in [3.63, 3.8) is 0 Å². The molecule has 0 unspecified atom stereocenters. The average molecular weight is 475 g/mol. The first kappa shape index (κ1) is 19.2. The van der Waals surface area contributed by atoms with E-state index in [1.54, 1.807) is 17.0 Å². The molecule has 8 heteroatoms. The van der Waals surface area contributed by atoms with E-state index in [4.69, 9.17) is 0 Å². The van der Waals surface area contributed by atoms with Gasteiger partial charge in [-0.05, 0) is 42.0 Å². The van der Waals surface area contributed by atoms with Gasteiger partial charge in [0, 0.05) is 33.4 Å². The number of aromatic nitrogens is 2. The van der Waals surface area contributed by atoms with Crippen LogP contribution in [0.4, 0.5) is 11.4 Å². The van der Waals surface area contributed by atoms with E-state index in [1.807, 2.05) is 54.6 Å². The van der Waals surface area contributed by atoms with E-state index in [0.29, 0.717) is 17.0 Å². The second-order valence-electron chi connectivity index (χ2n) is 7.13. The van der Waals surface area contributed by atoms with Gasteiger partial charge in [0.15, 0.2) is 0 Å². The Morgan fingerprint density at radius 3 is 2.29 bits per heavy atom. The van der Waals surface area contributed by atoms with Crippen LogP contribution < -0.4 is 4.90 Å². The van der Waals surface area contributed by atoms with E-state index in [9.17, 15) is 14.9 Å². The largest absolute Gasteiger partial charge is 0.295 e. The summed E-state index contributed by atoms with van der Waals surface area (Å²) < 4.78 is 0.940. The molecule has 2 heterocycles. The van der Waals surface area contributed by atoms with Gasteiger partial charge in [-0.3, -0.25) is 24.9 Å². The number of aromatic amines is 1. The number of H-pyrrole nitrogens is 1. The van der Waals surface area contributed by atoms with E-state index in [-0.39, 0.29) is 17.6 Å². The van der Waals surface area contributed by atoms with Gasteiger partial charge in [0.1, 0.15) is 5.69 Å². The summed E-state index contributed by atoms with van der Waals surface area (Å²) in [7, 11) is 0. The summed E-state index contributed by atoms with van der Waals surface area (Å²) in [6.07, 6.45) is 0. The standard InChI is InChI=1S/C23H15BrN4O3/c24-16-10-6-15(7-11-16)22-19-20(14-8-12-18(13-9-14)28(30)31)25-26-21(19)23(29)27(22)17-4-2-1-3-5-17/h1-13,22H,(H,25,26)/t22-/m1/s1. The first-order chi connectivity index (χ1) is 15.0. The van der Waals surface area contributed by atoms with Crippen LogP contribution in [0.1, 0.15) is 27.7 Å². The minimum atomic E-state index is -0.440. The van der Waals surface area contributed by atoms with Gasteiger partial charge in [-0.25, -0.2) is 0 Å². The lowest BCUT2D eigenvalue weighted by Crippen LogP contribution is -2.29. The Morgan fingerprint density at radius 2 is 1.65 bits per heavy atom. The van der Waals surface area contributed by atoms with Crippen LogP contribution in [0.2, 0.25) is 0 Å². The predicted molar refractivity (Wildman–Crippen MR) is 120 cm³/mol. The number of hydrogen-bond acceptors (Lipinski definition) is 4. The fraction of sp³-hybridized carbons (Fsp3) is 0.0435. The van der Waals surface area contributed by atoms with Crippen molar-refractivity contribution in [2.24, 2.45) is 0 Å². The molecule has 4 aromatic rings. The van der Waals surface area contributed by atoms with Crippen molar-refractivity contribution >= 4 is 33.2 Å². The van der Waals surface area contributed by atoms with Crippen LogP contribution in [0.25, 0.3) is 11.3 Å². The number of carbonyl (C=O) groups is 1. The number of nitrogens with zero attached hydrogens (tertiary/aromatic N) is 3. The monoisotopic (exact) mass is 474 g/mol. The Labute approximate surface area is 185 Å². The number of fused-ring (bicyclic) bond motifs is 1. The van der Waals surface area contributed by atoms with Gasteiger partial charge >= 0.3 is 0 Å². The Bertz CT molecular complexity index is 1280. The highest BCUT2D eigenvalue weighted by Crippen LogP contribution is 2.45. The predicted octanol–water partition coefficient (Wildman–Crippen LogP) is 5.50. The first-order valence-electron chi connectivity index (χ1n) is 9.52. The molecule has 1 atom stereocenters. The molecule has 0 fully saturated rings. The maximum Gasteiger partial charge on any atom is 0.277 e. The van der Waals surface area contributed by atoms with Gasteiger partial charge in [0.25, 0.3) is 11.6 Å². The lowest BCUT2D eigenvalue weighted by atomic mass is 9.96. The summed E-state index contributed by atoms with van der Waals surface area (Å²) in [6.45, 7) is 0. The summed E-state index contributed by atoms with van der Waals surface area (Å²) >= 11 is 3.47. The summed E-state index contributed by atoms with van der Waals surface area (Å²) in [6, 6.07) is 23.1. The molecular weight excluding hydrogens is 460 g/mol. The molecule has 0 bridgehead atoms. The average Bonchev–Trinajstić information content (AvgIpc) is 3.34. The summed E-state index contributed by atoms with van der Waals surface area (Å²) in [5, 5.41) is 18.3. The molecule has 0 saturated carbocycles. The molecule has 0 aliphatic carbocycles. The van der Waals surface area contributed by atoms with Crippen molar-refractivity contribution in [1.29, 1.82) is 0 Å². The van der Waals surface area contributed by atoms with Crippen molar-refractivity contribution in [2.75, 3.05) is 4.90 Å². The zero-order chi connectivity index (χ0) is 21.5.